The van der Waals surface area contributed by atoms with Gasteiger partial charge in [0.05, 0.1) is 40.7 Å². The Hall–Kier alpha value is -2.40. The van der Waals surface area contributed by atoms with Crippen LogP contribution in [0.25, 0.3) is 11.0 Å². The Kier molecular flexibility index (Phi) is 8.71. The number of carbonyl (C=O) groups excluding carboxylic acids is 1. The third-order valence-electron chi connectivity index (χ3n) is 6.27. The Morgan fingerprint density at radius 3 is 2.56 bits per heavy atom. The highest BCUT2D eigenvalue weighted by Gasteiger charge is 2.24. The van der Waals surface area contributed by atoms with Gasteiger partial charge in [0.1, 0.15) is 0 Å². The molecule has 0 spiro atoms. The molecule has 1 saturated heterocycles. The minimum atomic E-state index is -3.57. The Balaban J connectivity index is 1.62. The van der Waals surface area contributed by atoms with Crippen molar-refractivity contribution < 1.29 is 22.7 Å². The predicted octanol–water partition coefficient (Wildman–Crippen LogP) is 4.71. The number of hydrogen-bond donors (Lipinski definition) is 0. The van der Waals surface area contributed by atoms with Gasteiger partial charge >= 0.3 is 5.97 Å². The first kappa shape index (κ1) is 26.7. The van der Waals surface area contributed by atoms with Crippen molar-refractivity contribution >= 4 is 38.8 Å². The molecule has 0 aliphatic carbocycles. The number of hydrogen-bond acceptors (Lipinski definition) is 7. The summed E-state index contributed by atoms with van der Waals surface area (Å²) in [5, 5.41) is 0.812. The molecule has 0 bridgehead atoms. The smallest absolute Gasteiger partial charge is 0.338 e. The van der Waals surface area contributed by atoms with Crippen LogP contribution in [0.2, 0.25) is 0 Å². The van der Waals surface area contributed by atoms with Gasteiger partial charge < -0.3 is 14.0 Å². The minimum absolute atomic E-state index is 0.115. The number of carbonyl (C=O) groups is 1. The number of nitrogens with zero attached hydrogens (tertiary/aromatic N) is 3. The first-order valence-electron chi connectivity index (χ1n) is 12.4. The zero-order valence-electron chi connectivity index (χ0n) is 21.0. The molecule has 4 rings (SSSR count). The summed E-state index contributed by atoms with van der Waals surface area (Å²) in [5.41, 5.74) is 3.12. The van der Waals surface area contributed by atoms with E-state index in [4.69, 9.17) is 14.5 Å². The molecule has 36 heavy (non-hydrogen) atoms. The van der Waals surface area contributed by atoms with E-state index in [-0.39, 0.29) is 17.0 Å². The lowest BCUT2D eigenvalue weighted by molar-refractivity contribution is 0.0526. The van der Waals surface area contributed by atoms with E-state index >= 15 is 0 Å². The first-order valence-corrected chi connectivity index (χ1v) is 14.8. The van der Waals surface area contributed by atoms with E-state index in [1.807, 2.05) is 32.0 Å². The van der Waals surface area contributed by atoms with Crippen molar-refractivity contribution in [3.63, 3.8) is 0 Å². The summed E-state index contributed by atoms with van der Waals surface area (Å²) in [5.74, 6) is 0.327. The average Bonchev–Trinajstić information content (AvgIpc) is 3.51. The number of sulfonamides is 1. The summed E-state index contributed by atoms with van der Waals surface area (Å²) in [6.07, 6.45) is 2.15. The highest BCUT2D eigenvalue weighted by Crippen LogP contribution is 2.30. The van der Waals surface area contributed by atoms with Gasteiger partial charge in [-0.25, -0.2) is 18.2 Å². The molecule has 0 amide bonds. The second kappa shape index (κ2) is 11.8. The van der Waals surface area contributed by atoms with E-state index < -0.39 is 10.0 Å². The SMILES string of the molecule is CCOC(=O)c1ccc(CSc2nc3cc(S(=O)(=O)N(CC)CC)ccc3n2C[C@@H]2CCCO2)cc1. The van der Waals surface area contributed by atoms with Crippen molar-refractivity contribution in [1.82, 2.24) is 13.9 Å². The minimum Gasteiger partial charge on any atom is -0.462 e. The number of ether oxygens (including phenoxy) is 2. The van der Waals surface area contributed by atoms with Crippen molar-refractivity contribution in [2.75, 3.05) is 26.3 Å². The maximum atomic E-state index is 13.1. The Labute approximate surface area is 217 Å². The van der Waals surface area contributed by atoms with Gasteiger partial charge in [0, 0.05) is 25.4 Å². The zero-order chi connectivity index (χ0) is 25.7. The average molecular weight is 532 g/mol. The lowest BCUT2D eigenvalue weighted by Crippen LogP contribution is -2.30. The van der Waals surface area contributed by atoms with Crippen molar-refractivity contribution in [1.29, 1.82) is 0 Å². The first-order chi connectivity index (χ1) is 17.4. The summed E-state index contributed by atoms with van der Waals surface area (Å²) in [6.45, 7) is 8.07. The summed E-state index contributed by atoms with van der Waals surface area (Å²) >= 11 is 1.58. The van der Waals surface area contributed by atoms with Crippen molar-refractivity contribution in [2.24, 2.45) is 0 Å². The lowest BCUT2D eigenvalue weighted by Gasteiger charge is -2.18. The van der Waals surface area contributed by atoms with E-state index in [1.54, 1.807) is 43.0 Å². The fourth-order valence-corrected chi connectivity index (χ4v) is 6.80. The number of aromatic nitrogens is 2. The summed E-state index contributed by atoms with van der Waals surface area (Å²) in [4.78, 5) is 17.0. The third kappa shape index (κ3) is 5.77. The molecule has 10 heteroatoms. The molecule has 1 atom stereocenters. The van der Waals surface area contributed by atoms with Crippen LogP contribution in [-0.2, 0) is 31.8 Å². The monoisotopic (exact) mass is 531 g/mol. The van der Waals surface area contributed by atoms with Crippen LogP contribution >= 0.6 is 11.8 Å². The quantitative estimate of drug-likeness (QED) is 0.261. The standard InChI is InChI=1S/C26H33N3O5S2/c1-4-28(5-2)36(31,32)22-13-14-24-23(16-22)27-26(29(24)17-21-8-7-15-34-21)35-18-19-9-11-20(12-10-19)25(30)33-6-3/h9-14,16,21H,4-8,15,17-18H2,1-3H3/t21-/m0/s1. The van der Waals surface area contributed by atoms with Gasteiger partial charge in [0.25, 0.3) is 0 Å². The van der Waals surface area contributed by atoms with Gasteiger partial charge in [-0.2, -0.15) is 4.31 Å². The maximum absolute atomic E-state index is 13.1. The fraction of sp³-hybridized carbons (Fsp3) is 0.462. The lowest BCUT2D eigenvalue weighted by atomic mass is 10.1. The number of esters is 1. The normalized spacial score (nSPS) is 16.2. The van der Waals surface area contributed by atoms with E-state index in [0.717, 1.165) is 35.7 Å². The molecular weight excluding hydrogens is 498 g/mol. The molecule has 3 aromatic rings. The number of benzene rings is 2. The van der Waals surface area contributed by atoms with Crippen molar-refractivity contribution in [2.45, 2.75) is 62.1 Å². The molecule has 0 N–H and O–H groups in total. The molecule has 194 valence electrons. The van der Waals surface area contributed by atoms with Gasteiger partial charge in [-0.05, 0) is 55.7 Å². The van der Waals surface area contributed by atoms with Gasteiger partial charge in [0.15, 0.2) is 5.16 Å². The highest BCUT2D eigenvalue weighted by atomic mass is 32.2. The topological polar surface area (TPSA) is 90.7 Å². The van der Waals surface area contributed by atoms with Crippen LogP contribution in [0.3, 0.4) is 0 Å². The second-order valence-corrected chi connectivity index (χ2v) is 11.5. The Bertz CT molecular complexity index is 1300. The maximum Gasteiger partial charge on any atom is 0.338 e. The van der Waals surface area contributed by atoms with E-state index in [9.17, 15) is 13.2 Å². The van der Waals surface area contributed by atoms with Gasteiger partial charge in [-0.3, -0.25) is 0 Å². The van der Waals surface area contributed by atoms with Gasteiger partial charge in [-0.15, -0.1) is 0 Å². The van der Waals surface area contributed by atoms with Gasteiger partial charge in [0.2, 0.25) is 10.0 Å². The highest BCUT2D eigenvalue weighted by molar-refractivity contribution is 7.98. The molecule has 0 saturated carbocycles. The molecule has 8 nitrogen and oxygen atoms in total. The molecule has 1 fully saturated rings. The fourth-order valence-electron chi connectivity index (χ4n) is 4.34. The van der Waals surface area contributed by atoms with E-state index in [0.29, 0.717) is 43.1 Å². The van der Waals surface area contributed by atoms with Crippen LogP contribution in [0, 0.1) is 0 Å². The van der Waals surface area contributed by atoms with Crippen LogP contribution < -0.4 is 0 Å². The van der Waals surface area contributed by atoms with Crippen LogP contribution in [0.1, 0.15) is 49.5 Å². The molecular formula is C26H33N3O5S2. The number of fused-ring (bicyclic) bond motifs is 1. The van der Waals surface area contributed by atoms with Crippen LogP contribution in [-0.4, -0.2) is 60.7 Å². The summed E-state index contributed by atoms with van der Waals surface area (Å²) in [7, 11) is -3.57. The largest absolute Gasteiger partial charge is 0.462 e. The number of imidazole rings is 1. The van der Waals surface area contributed by atoms with Crippen LogP contribution in [0.4, 0.5) is 0 Å². The Morgan fingerprint density at radius 1 is 1.17 bits per heavy atom. The number of thioether (sulfide) groups is 1. The van der Waals surface area contributed by atoms with Crippen molar-refractivity contribution in [3.05, 3.63) is 53.6 Å². The van der Waals surface area contributed by atoms with E-state index in [2.05, 4.69) is 4.57 Å². The molecule has 1 aliphatic rings. The zero-order valence-corrected chi connectivity index (χ0v) is 22.6. The molecule has 1 aromatic heterocycles. The molecule has 2 aromatic carbocycles. The summed E-state index contributed by atoms with van der Waals surface area (Å²) < 4.78 is 40.7. The molecule has 0 unspecified atom stereocenters. The Morgan fingerprint density at radius 2 is 1.92 bits per heavy atom. The predicted molar refractivity (Wildman–Crippen MR) is 141 cm³/mol. The molecule has 0 radical (unpaired) electrons. The van der Waals surface area contributed by atoms with E-state index in [1.165, 1.54) is 4.31 Å². The summed E-state index contributed by atoms with van der Waals surface area (Å²) in [6, 6.07) is 12.6. The second-order valence-electron chi connectivity index (χ2n) is 8.59. The van der Waals surface area contributed by atoms with Gasteiger partial charge in [-0.1, -0.05) is 37.7 Å². The van der Waals surface area contributed by atoms with Crippen LogP contribution in [0.15, 0.2) is 52.5 Å². The van der Waals surface area contributed by atoms with Crippen LogP contribution in [0.5, 0.6) is 0 Å². The molecule has 2 heterocycles. The third-order valence-corrected chi connectivity index (χ3v) is 9.36. The number of rotatable bonds is 11. The van der Waals surface area contributed by atoms with Crippen molar-refractivity contribution in [3.8, 4) is 0 Å². The molecule has 1 aliphatic heterocycles.